The summed E-state index contributed by atoms with van der Waals surface area (Å²) in [6, 6.07) is 4.11. The molecule has 0 aliphatic carbocycles. The number of halogens is 2. The van der Waals surface area contributed by atoms with Gasteiger partial charge < -0.3 is 4.74 Å². The summed E-state index contributed by atoms with van der Waals surface area (Å²) >= 11 is 0. The molecule has 71 valence electrons. The van der Waals surface area contributed by atoms with E-state index in [2.05, 4.69) is 0 Å². The molecule has 0 fully saturated rings. The summed E-state index contributed by atoms with van der Waals surface area (Å²) in [5.74, 6) is -0.954. The Morgan fingerprint density at radius 1 is 1.38 bits per heavy atom. The van der Waals surface area contributed by atoms with Crippen molar-refractivity contribution in [2.75, 3.05) is 13.7 Å². The second kappa shape index (κ2) is 4.33. The fraction of sp³-hybridized carbons (Fsp3) is 0.300. The molecule has 1 radical (unpaired) electrons. The Morgan fingerprint density at radius 3 is 2.69 bits per heavy atom. The second-order valence-electron chi connectivity index (χ2n) is 2.81. The van der Waals surface area contributed by atoms with Crippen molar-refractivity contribution in [3.05, 3.63) is 41.3 Å². The van der Waals surface area contributed by atoms with Gasteiger partial charge in [0.25, 0.3) is 0 Å². The molecule has 13 heavy (non-hydrogen) atoms. The molecule has 0 N–H and O–H groups in total. The monoisotopic (exact) mass is 185 g/mol. The fourth-order valence-corrected chi connectivity index (χ4v) is 1.13. The number of hydrogen-bond acceptors (Lipinski definition) is 1. The van der Waals surface area contributed by atoms with Gasteiger partial charge in [-0.1, -0.05) is 19.1 Å². The summed E-state index contributed by atoms with van der Waals surface area (Å²) in [7, 11) is 1.51. The Morgan fingerprint density at radius 2 is 2.08 bits per heavy atom. The molecule has 0 aliphatic rings. The lowest BCUT2D eigenvalue weighted by molar-refractivity contribution is 0.213. The van der Waals surface area contributed by atoms with Crippen molar-refractivity contribution in [3.8, 4) is 0 Å². The summed E-state index contributed by atoms with van der Waals surface area (Å²) in [6.07, 6.45) is 0. The van der Waals surface area contributed by atoms with Crippen molar-refractivity contribution in [2.45, 2.75) is 6.92 Å². The van der Waals surface area contributed by atoms with Gasteiger partial charge in [-0.05, 0) is 6.07 Å². The van der Waals surface area contributed by atoms with Crippen molar-refractivity contribution in [3.63, 3.8) is 0 Å². The molecule has 0 heterocycles. The summed E-state index contributed by atoms with van der Waals surface area (Å²) < 4.78 is 30.7. The smallest absolute Gasteiger partial charge is 0.162 e. The minimum absolute atomic E-state index is 0.279. The lowest BCUT2D eigenvalue weighted by Crippen LogP contribution is -2.06. The summed E-state index contributed by atoms with van der Waals surface area (Å²) in [6.45, 7) is 2.02. The lowest BCUT2D eigenvalue weighted by atomic mass is 10.0. The molecule has 1 nitrogen and oxygen atoms in total. The number of ether oxygens (including phenoxy) is 1. The van der Waals surface area contributed by atoms with Crippen molar-refractivity contribution in [1.82, 2.24) is 0 Å². The molecule has 1 aromatic carbocycles. The molecule has 1 rings (SSSR count). The topological polar surface area (TPSA) is 9.23 Å². The summed E-state index contributed by atoms with van der Waals surface area (Å²) in [4.78, 5) is 0. The maximum atomic E-state index is 13.1. The molecule has 0 unspecified atom stereocenters. The average molecular weight is 185 g/mol. The van der Waals surface area contributed by atoms with E-state index >= 15 is 0 Å². The van der Waals surface area contributed by atoms with Crippen molar-refractivity contribution >= 4 is 0 Å². The third kappa shape index (κ3) is 2.25. The van der Waals surface area contributed by atoms with Crippen LogP contribution in [0.15, 0.2) is 18.2 Å². The van der Waals surface area contributed by atoms with Gasteiger partial charge in [0.2, 0.25) is 0 Å². The molecule has 0 bridgehead atoms. The van der Waals surface area contributed by atoms with Crippen molar-refractivity contribution in [2.24, 2.45) is 0 Å². The fourth-order valence-electron chi connectivity index (χ4n) is 1.13. The van der Waals surface area contributed by atoms with Crippen LogP contribution >= 0.6 is 0 Å². The molecule has 1 aromatic rings. The summed E-state index contributed by atoms with van der Waals surface area (Å²) in [5, 5.41) is 0. The minimum atomic E-state index is -0.826. The predicted octanol–water partition coefficient (Wildman–Crippen LogP) is 2.55. The van der Waals surface area contributed by atoms with Gasteiger partial charge in [0.1, 0.15) is 0 Å². The second-order valence-corrected chi connectivity index (χ2v) is 2.81. The van der Waals surface area contributed by atoms with E-state index in [9.17, 15) is 8.78 Å². The van der Waals surface area contributed by atoms with Gasteiger partial charge in [0.15, 0.2) is 11.6 Å². The molecule has 0 amide bonds. The van der Waals surface area contributed by atoms with E-state index in [4.69, 9.17) is 4.74 Å². The lowest BCUT2D eigenvalue weighted by Gasteiger charge is -2.10. The van der Waals surface area contributed by atoms with E-state index in [0.29, 0.717) is 12.5 Å². The molecular formula is C10H11F2O. The Hall–Kier alpha value is -0.960. The Kier molecular flexibility index (Phi) is 3.37. The molecule has 0 atom stereocenters. The van der Waals surface area contributed by atoms with Gasteiger partial charge in [0.05, 0.1) is 6.61 Å². The first-order valence-electron chi connectivity index (χ1n) is 3.92. The van der Waals surface area contributed by atoms with Crippen LogP contribution in [0.3, 0.4) is 0 Å². The molecule has 0 saturated carbocycles. The Bertz CT molecular complexity index is 286. The van der Waals surface area contributed by atoms with Crippen LogP contribution in [0.2, 0.25) is 0 Å². The largest absolute Gasteiger partial charge is 0.384 e. The third-order valence-corrected chi connectivity index (χ3v) is 1.77. The van der Waals surface area contributed by atoms with Crippen molar-refractivity contribution in [1.29, 1.82) is 0 Å². The van der Waals surface area contributed by atoms with E-state index in [-0.39, 0.29) is 5.56 Å². The molecule has 0 aromatic heterocycles. The van der Waals surface area contributed by atoms with Gasteiger partial charge >= 0.3 is 0 Å². The maximum absolute atomic E-state index is 13.1. The highest BCUT2D eigenvalue weighted by atomic mass is 19.2. The van der Waals surface area contributed by atoms with Crippen LogP contribution in [0.1, 0.15) is 12.5 Å². The van der Waals surface area contributed by atoms with Gasteiger partial charge in [0, 0.05) is 18.6 Å². The van der Waals surface area contributed by atoms with Gasteiger partial charge in [-0.2, -0.15) is 0 Å². The van der Waals surface area contributed by atoms with E-state index in [0.717, 1.165) is 6.07 Å². The molecule has 0 saturated heterocycles. The summed E-state index contributed by atoms with van der Waals surface area (Å²) in [5.41, 5.74) is 0.279. The SMILES string of the molecule is COC[C](C)c1cccc(F)c1F. The highest BCUT2D eigenvalue weighted by Gasteiger charge is 2.13. The Balaban J connectivity index is 2.93. The highest BCUT2D eigenvalue weighted by molar-refractivity contribution is 5.31. The molecule has 0 spiro atoms. The number of rotatable bonds is 3. The minimum Gasteiger partial charge on any atom is -0.384 e. The van der Waals surface area contributed by atoms with E-state index in [1.54, 1.807) is 6.92 Å². The molecular weight excluding hydrogens is 174 g/mol. The number of benzene rings is 1. The molecule has 3 heteroatoms. The highest BCUT2D eigenvalue weighted by Crippen LogP contribution is 2.19. The number of hydrogen-bond donors (Lipinski definition) is 0. The quantitative estimate of drug-likeness (QED) is 0.703. The Labute approximate surface area is 76.3 Å². The first kappa shape index (κ1) is 10.1. The van der Waals surface area contributed by atoms with Crippen LogP contribution in [0.5, 0.6) is 0 Å². The van der Waals surface area contributed by atoms with Gasteiger partial charge in [-0.15, -0.1) is 0 Å². The standard InChI is InChI=1S/C10H11F2O/c1-7(6-13-2)8-4-3-5-9(11)10(8)12/h3-5H,6H2,1-2H3. The van der Waals surface area contributed by atoms with Crippen LogP contribution in [0.4, 0.5) is 8.78 Å². The zero-order valence-corrected chi connectivity index (χ0v) is 7.60. The van der Waals surface area contributed by atoms with E-state index < -0.39 is 11.6 Å². The van der Waals surface area contributed by atoms with Crippen LogP contribution in [-0.4, -0.2) is 13.7 Å². The first-order valence-corrected chi connectivity index (χ1v) is 3.92. The zero-order valence-electron chi connectivity index (χ0n) is 7.60. The van der Waals surface area contributed by atoms with Gasteiger partial charge in [-0.25, -0.2) is 8.78 Å². The predicted molar refractivity (Wildman–Crippen MR) is 46.3 cm³/mol. The van der Waals surface area contributed by atoms with E-state index in [1.165, 1.54) is 19.2 Å². The van der Waals surface area contributed by atoms with Crippen LogP contribution in [0, 0.1) is 17.6 Å². The zero-order chi connectivity index (χ0) is 9.84. The van der Waals surface area contributed by atoms with Crippen molar-refractivity contribution < 1.29 is 13.5 Å². The molecule has 0 aliphatic heterocycles. The third-order valence-electron chi connectivity index (χ3n) is 1.77. The van der Waals surface area contributed by atoms with Crippen LogP contribution in [-0.2, 0) is 4.74 Å². The van der Waals surface area contributed by atoms with E-state index in [1.807, 2.05) is 0 Å². The van der Waals surface area contributed by atoms with Crippen LogP contribution < -0.4 is 0 Å². The first-order chi connectivity index (χ1) is 6.16. The van der Waals surface area contributed by atoms with Crippen LogP contribution in [0.25, 0.3) is 0 Å². The maximum Gasteiger partial charge on any atom is 0.162 e. The normalized spacial score (nSPS) is 10.8. The average Bonchev–Trinajstić information content (AvgIpc) is 2.10. The number of methoxy groups -OCH3 is 1. The van der Waals surface area contributed by atoms with Gasteiger partial charge in [-0.3, -0.25) is 0 Å².